The van der Waals surface area contributed by atoms with E-state index >= 15 is 0 Å². The van der Waals surface area contributed by atoms with Crippen molar-refractivity contribution in [3.8, 4) is 0 Å². The van der Waals surface area contributed by atoms with E-state index in [1.165, 1.54) is 0 Å². The number of ether oxygens (including phenoxy) is 1. The standard InChI is InChI=1S/C6H9FO2/c7-4-5-2-1-3-9-6(5)8/h5H,1-4H2. The third kappa shape index (κ3) is 1.40. The van der Waals surface area contributed by atoms with Crippen molar-refractivity contribution in [3.05, 3.63) is 0 Å². The van der Waals surface area contributed by atoms with Crippen LogP contribution < -0.4 is 0 Å². The highest BCUT2D eigenvalue weighted by atomic mass is 19.1. The van der Waals surface area contributed by atoms with Crippen molar-refractivity contribution in [3.63, 3.8) is 0 Å². The third-order valence-corrected chi connectivity index (χ3v) is 1.46. The van der Waals surface area contributed by atoms with Crippen LogP contribution in [0.3, 0.4) is 0 Å². The van der Waals surface area contributed by atoms with Gasteiger partial charge in [-0.1, -0.05) is 0 Å². The smallest absolute Gasteiger partial charge is 0.311 e. The molecule has 2 nitrogen and oxygen atoms in total. The first kappa shape index (κ1) is 6.52. The van der Waals surface area contributed by atoms with Crippen molar-refractivity contribution in [2.45, 2.75) is 12.8 Å². The van der Waals surface area contributed by atoms with Gasteiger partial charge in [-0.15, -0.1) is 0 Å². The minimum Gasteiger partial charge on any atom is -0.465 e. The van der Waals surface area contributed by atoms with E-state index < -0.39 is 12.6 Å². The molecule has 1 aliphatic heterocycles. The molecule has 0 aromatic carbocycles. The van der Waals surface area contributed by atoms with Crippen molar-refractivity contribution in [1.82, 2.24) is 0 Å². The Balaban J connectivity index is 2.39. The lowest BCUT2D eigenvalue weighted by molar-refractivity contribution is -0.153. The summed E-state index contributed by atoms with van der Waals surface area (Å²) in [6, 6.07) is 0. The van der Waals surface area contributed by atoms with E-state index in [0.717, 1.165) is 6.42 Å². The van der Waals surface area contributed by atoms with Crippen LogP contribution in [0.15, 0.2) is 0 Å². The summed E-state index contributed by atoms with van der Waals surface area (Å²) in [4.78, 5) is 10.6. The number of carbonyl (C=O) groups excluding carboxylic acids is 1. The van der Waals surface area contributed by atoms with Crippen LogP contribution in [0.2, 0.25) is 0 Å². The van der Waals surface area contributed by atoms with Crippen LogP contribution in [0, 0.1) is 5.92 Å². The summed E-state index contributed by atoms with van der Waals surface area (Å²) in [5.74, 6) is -0.845. The Kier molecular flexibility index (Phi) is 2.03. The lowest BCUT2D eigenvalue weighted by Crippen LogP contribution is -2.25. The van der Waals surface area contributed by atoms with Gasteiger partial charge < -0.3 is 4.74 Å². The Hall–Kier alpha value is -0.600. The number of carbonyl (C=O) groups is 1. The number of halogens is 1. The normalized spacial score (nSPS) is 27.7. The molecule has 1 rings (SSSR count). The van der Waals surface area contributed by atoms with E-state index in [1.54, 1.807) is 0 Å². The van der Waals surface area contributed by atoms with Gasteiger partial charge in [0.15, 0.2) is 0 Å². The van der Waals surface area contributed by atoms with Crippen LogP contribution in [0.5, 0.6) is 0 Å². The van der Waals surface area contributed by atoms with Crippen molar-refractivity contribution in [2.75, 3.05) is 13.3 Å². The molecule has 0 bridgehead atoms. The van der Waals surface area contributed by atoms with E-state index in [1.807, 2.05) is 0 Å². The molecule has 1 unspecified atom stereocenters. The summed E-state index contributed by atoms with van der Waals surface area (Å²) in [5, 5.41) is 0. The highest BCUT2D eigenvalue weighted by Crippen LogP contribution is 2.14. The largest absolute Gasteiger partial charge is 0.465 e. The molecule has 52 valence electrons. The molecule has 0 N–H and O–H groups in total. The Bertz CT molecular complexity index is 114. The number of esters is 1. The fourth-order valence-electron chi connectivity index (χ4n) is 0.878. The zero-order chi connectivity index (χ0) is 6.69. The fraction of sp³-hybridized carbons (Fsp3) is 0.833. The maximum atomic E-state index is 11.8. The zero-order valence-corrected chi connectivity index (χ0v) is 5.10. The molecule has 0 radical (unpaired) electrons. The Labute approximate surface area is 53.0 Å². The molecule has 0 saturated carbocycles. The topological polar surface area (TPSA) is 26.3 Å². The molecule has 0 amide bonds. The maximum absolute atomic E-state index is 11.8. The maximum Gasteiger partial charge on any atom is 0.311 e. The molecule has 0 aromatic rings. The van der Waals surface area contributed by atoms with E-state index in [2.05, 4.69) is 4.74 Å². The quantitative estimate of drug-likeness (QED) is 0.496. The molecule has 1 atom stereocenters. The molecule has 9 heavy (non-hydrogen) atoms. The number of rotatable bonds is 1. The molecule has 1 fully saturated rings. The van der Waals surface area contributed by atoms with Crippen LogP contribution in [-0.4, -0.2) is 19.3 Å². The summed E-state index contributed by atoms with van der Waals surface area (Å²) in [5.41, 5.74) is 0. The van der Waals surface area contributed by atoms with Gasteiger partial charge in [-0.3, -0.25) is 9.18 Å². The number of cyclic esters (lactones) is 1. The second-order valence-electron chi connectivity index (χ2n) is 2.16. The molecule has 1 aliphatic rings. The van der Waals surface area contributed by atoms with Crippen LogP contribution in [0.1, 0.15) is 12.8 Å². The number of alkyl halides is 1. The van der Waals surface area contributed by atoms with Gasteiger partial charge in [0.25, 0.3) is 0 Å². The predicted octanol–water partition coefficient (Wildman–Crippen LogP) is 0.909. The van der Waals surface area contributed by atoms with E-state index in [-0.39, 0.29) is 5.97 Å². The van der Waals surface area contributed by atoms with Crippen molar-refractivity contribution >= 4 is 5.97 Å². The lowest BCUT2D eigenvalue weighted by Gasteiger charge is -2.17. The fourth-order valence-corrected chi connectivity index (χ4v) is 0.878. The summed E-state index contributed by atoms with van der Waals surface area (Å²) >= 11 is 0. The van der Waals surface area contributed by atoms with Gasteiger partial charge in [0.1, 0.15) is 6.67 Å². The van der Waals surface area contributed by atoms with Crippen LogP contribution in [0.4, 0.5) is 4.39 Å². The minimum atomic E-state index is -0.571. The Morgan fingerprint density at radius 3 is 3.00 bits per heavy atom. The molecule has 0 spiro atoms. The van der Waals surface area contributed by atoms with Gasteiger partial charge in [0.05, 0.1) is 12.5 Å². The summed E-state index contributed by atoms with van der Waals surface area (Å²) in [6.45, 7) is -0.103. The van der Waals surface area contributed by atoms with Crippen molar-refractivity contribution in [2.24, 2.45) is 5.92 Å². The predicted molar refractivity (Wildman–Crippen MR) is 29.7 cm³/mol. The first-order valence-corrected chi connectivity index (χ1v) is 3.07. The van der Waals surface area contributed by atoms with Crippen LogP contribution >= 0.6 is 0 Å². The van der Waals surface area contributed by atoms with Gasteiger partial charge in [0, 0.05) is 0 Å². The van der Waals surface area contributed by atoms with Crippen LogP contribution in [0.25, 0.3) is 0 Å². The highest BCUT2D eigenvalue weighted by molar-refractivity contribution is 5.73. The Morgan fingerprint density at radius 2 is 2.56 bits per heavy atom. The van der Waals surface area contributed by atoms with E-state index in [4.69, 9.17) is 0 Å². The first-order chi connectivity index (χ1) is 4.34. The molecular formula is C6H9FO2. The second-order valence-corrected chi connectivity index (χ2v) is 2.16. The van der Waals surface area contributed by atoms with E-state index in [9.17, 15) is 9.18 Å². The molecule has 1 heterocycles. The van der Waals surface area contributed by atoms with Gasteiger partial charge in [-0.05, 0) is 12.8 Å². The zero-order valence-electron chi connectivity index (χ0n) is 5.10. The molecule has 3 heteroatoms. The molecule has 1 saturated heterocycles. The van der Waals surface area contributed by atoms with Gasteiger partial charge in [0.2, 0.25) is 0 Å². The SMILES string of the molecule is O=C1OCCCC1CF. The van der Waals surface area contributed by atoms with Gasteiger partial charge >= 0.3 is 5.97 Å². The second kappa shape index (κ2) is 2.80. The molecular weight excluding hydrogens is 123 g/mol. The van der Waals surface area contributed by atoms with Crippen molar-refractivity contribution < 1.29 is 13.9 Å². The average Bonchev–Trinajstić information content (AvgIpc) is 1.89. The molecule has 0 aliphatic carbocycles. The average molecular weight is 132 g/mol. The summed E-state index contributed by atoms with van der Waals surface area (Å²) in [6.07, 6.45) is 1.45. The van der Waals surface area contributed by atoms with Gasteiger partial charge in [-0.2, -0.15) is 0 Å². The number of hydrogen-bond donors (Lipinski definition) is 0. The Morgan fingerprint density at radius 1 is 1.78 bits per heavy atom. The monoisotopic (exact) mass is 132 g/mol. The minimum absolute atomic E-state index is 0.372. The van der Waals surface area contributed by atoms with Crippen molar-refractivity contribution in [1.29, 1.82) is 0 Å². The summed E-state index contributed by atoms with van der Waals surface area (Å²) < 4.78 is 16.4. The van der Waals surface area contributed by atoms with Gasteiger partial charge in [-0.25, -0.2) is 0 Å². The first-order valence-electron chi connectivity index (χ1n) is 3.07. The van der Waals surface area contributed by atoms with E-state index in [0.29, 0.717) is 13.0 Å². The highest BCUT2D eigenvalue weighted by Gasteiger charge is 2.23. The lowest BCUT2D eigenvalue weighted by atomic mass is 10.0. The number of hydrogen-bond acceptors (Lipinski definition) is 2. The van der Waals surface area contributed by atoms with Crippen LogP contribution in [-0.2, 0) is 9.53 Å². The third-order valence-electron chi connectivity index (χ3n) is 1.46. The summed E-state index contributed by atoms with van der Waals surface area (Å²) in [7, 11) is 0. The molecule has 0 aromatic heterocycles.